The lowest BCUT2D eigenvalue weighted by Crippen LogP contribution is -2.06. The number of benzene rings is 3. The number of halogens is 1. The summed E-state index contributed by atoms with van der Waals surface area (Å²) in [5, 5.41) is 19.3. The van der Waals surface area contributed by atoms with Crippen molar-refractivity contribution in [3.05, 3.63) is 83.7 Å². The second-order valence-corrected chi connectivity index (χ2v) is 7.10. The molecule has 0 saturated carbocycles. The van der Waals surface area contributed by atoms with Gasteiger partial charge in [0, 0.05) is 29.7 Å². The second-order valence-electron chi connectivity index (χ2n) is 7.10. The Morgan fingerprint density at radius 2 is 1.69 bits per heavy atom. The zero-order valence-corrected chi connectivity index (χ0v) is 17.8. The van der Waals surface area contributed by atoms with Crippen molar-refractivity contribution in [2.24, 2.45) is 0 Å². The first-order chi connectivity index (χ1) is 15.5. The molecule has 0 aliphatic carbocycles. The maximum absolute atomic E-state index is 13.2. The van der Waals surface area contributed by atoms with Crippen LogP contribution in [0.1, 0.15) is 24.5 Å². The van der Waals surface area contributed by atoms with Crippen LogP contribution in [-0.4, -0.2) is 29.4 Å². The Hall–Kier alpha value is -3.80. The predicted octanol–water partition coefficient (Wildman–Crippen LogP) is 5.71. The summed E-state index contributed by atoms with van der Waals surface area (Å²) in [5.74, 6) is -0.0827. The molecule has 0 amide bonds. The zero-order chi connectivity index (χ0) is 22.9. The van der Waals surface area contributed by atoms with Gasteiger partial charge in [-0.25, -0.2) is 9.18 Å². The maximum Gasteiger partial charge on any atom is 0.328 e. The molecular formula is C26H25FO5. The molecular weight excluding hydrogens is 411 g/mol. The summed E-state index contributed by atoms with van der Waals surface area (Å²) >= 11 is 0. The summed E-state index contributed by atoms with van der Waals surface area (Å²) in [7, 11) is 0. The summed E-state index contributed by atoms with van der Waals surface area (Å²) < 4.78 is 24.8. The largest absolute Gasteiger partial charge is 0.507 e. The van der Waals surface area contributed by atoms with E-state index in [2.05, 4.69) is 0 Å². The topological polar surface area (TPSA) is 76.0 Å². The van der Waals surface area contributed by atoms with E-state index >= 15 is 0 Å². The molecule has 3 aromatic rings. The van der Waals surface area contributed by atoms with Crippen LogP contribution in [0.4, 0.5) is 4.39 Å². The van der Waals surface area contributed by atoms with Crippen molar-refractivity contribution in [2.45, 2.75) is 19.8 Å². The standard InChI is InChI=1S/C26H25FO5/c1-2-18-16-22(19-8-11-21(27)12-9-19)23(28)17-25(18)32-15-5-14-31-24-7-4-3-6-20(24)10-13-26(29)30/h3-4,6-13,16-17,28H,2,5,14-15H2,1H3,(H,29,30). The van der Waals surface area contributed by atoms with E-state index in [-0.39, 0.29) is 11.6 Å². The van der Waals surface area contributed by atoms with Crippen molar-refractivity contribution in [2.75, 3.05) is 13.2 Å². The number of aliphatic carboxylic acids is 1. The molecule has 0 spiro atoms. The highest BCUT2D eigenvalue weighted by Gasteiger charge is 2.12. The Bertz CT molecular complexity index is 1090. The lowest BCUT2D eigenvalue weighted by atomic mass is 10.00. The van der Waals surface area contributed by atoms with Crippen LogP contribution in [0, 0.1) is 5.82 Å². The van der Waals surface area contributed by atoms with Gasteiger partial charge in [0.05, 0.1) is 13.2 Å². The van der Waals surface area contributed by atoms with Gasteiger partial charge in [-0.05, 0) is 47.9 Å². The minimum Gasteiger partial charge on any atom is -0.507 e. The van der Waals surface area contributed by atoms with Gasteiger partial charge in [0.25, 0.3) is 0 Å². The van der Waals surface area contributed by atoms with Gasteiger partial charge >= 0.3 is 5.97 Å². The van der Waals surface area contributed by atoms with Crippen LogP contribution in [0.15, 0.2) is 66.7 Å². The van der Waals surface area contributed by atoms with Crippen LogP contribution in [0.5, 0.6) is 17.2 Å². The molecule has 0 atom stereocenters. The van der Waals surface area contributed by atoms with Crippen molar-refractivity contribution >= 4 is 12.0 Å². The number of hydrogen-bond acceptors (Lipinski definition) is 4. The molecule has 3 aromatic carbocycles. The molecule has 32 heavy (non-hydrogen) atoms. The number of para-hydroxylation sites is 1. The number of carboxylic acids is 1. The third-order valence-corrected chi connectivity index (χ3v) is 4.84. The van der Waals surface area contributed by atoms with E-state index in [0.29, 0.717) is 48.7 Å². The quantitative estimate of drug-likeness (QED) is 0.315. The molecule has 3 rings (SSSR count). The van der Waals surface area contributed by atoms with E-state index < -0.39 is 5.97 Å². The fourth-order valence-electron chi connectivity index (χ4n) is 3.22. The summed E-state index contributed by atoms with van der Waals surface area (Å²) in [5.41, 5.74) is 2.98. The third kappa shape index (κ3) is 6.11. The van der Waals surface area contributed by atoms with Gasteiger partial charge in [0.15, 0.2) is 0 Å². The van der Waals surface area contributed by atoms with E-state index in [0.717, 1.165) is 17.2 Å². The van der Waals surface area contributed by atoms with Crippen LogP contribution < -0.4 is 9.47 Å². The number of hydrogen-bond donors (Lipinski definition) is 2. The van der Waals surface area contributed by atoms with E-state index in [1.165, 1.54) is 18.2 Å². The van der Waals surface area contributed by atoms with Gasteiger partial charge in [0.1, 0.15) is 23.1 Å². The second kappa shape index (κ2) is 11.0. The summed E-state index contributed by atoms with van der Waals surface area (Å²) in [4.78, 5) is 10.7. The third-order valence-electron chi connectivity index (χ3n) is 4.84. The highest BCUT2D eigenvalue weighted by Crippen LogP contribution is 2.36. The van der Waals surface area contributed by atoms with Gasteiger partial charge in [-0.2, -0.15) is 0 Å². The van der Waals surface area contributed by atoms with Crippen LogP contribution in [0.2, 0.25) is 0 Å². The molecule has 0 aliphatic rings. The van der Waals surface area contributed by atoms with E-state index in [4.69, 9.17) is 14.6 Å². The summed E-state index contributed by atoms with van der Waals surface area (Å²) in [6.45, 7) is 2.77. The monoisotopic (exact) mass is 436 g/mol. The number of ether oxygens (including phenoxy) is 2. The van der Waals surface area contributed by atoms with Crippen molar-refractivity contribution in [3.63, 3.8) is 0 Å². The first-order valence-electron chi connectivity index (χ1n) is 10.4. The lowest BCUT2D eigenvalue weighted by molar-refractivity contribution is -0.131. The van der Waals surface area contributed by atoms with E-state index in [1.807, 2.05) is 25.1 Å². The number of rotatable bonds is 10. The zero-order valence-electron chi connectivity index (χ0n) is 17.8. The summed E-state index contributed by atoms with van der Waals surface area (Å²) in [6, 6.07) is 16.6. The predicted molar refractivity (Wildman–Crippen MR) is 122 cm³/mol. The molecule has 0 radical (unpaired) electrons. The maximum atomic E-state index is 13.2. The molecule has 5 nitrogen and oxygen atoms in total. The molecule has 6 heteroatoms. The van der Waals surface area contributed by atoms with Crippen LogP contribution in [-0.2, 0) is 11.2 Å². The summed E-state index contributed by atoms with van der Waals surface area (Å²) in [6.07, 6.45) is 3.87. The average molecular weight is 436 g/mol. The molecule has 0 aliphatic heterocycles. The van der Waals surface area contributed by atoms with Gasteiger partial charge in [0.2, 0.25) is 0 Å². The van der Waals surface area contributed by atoms with Crippen LogP contribution in [0.25, 0.3) is 17.2 Å². The van der Waals surface area contributed by atoms with Crippen LogP contribution in [0.3, 0.4) is 0 Å². The van der Waals surface area contributed by atoms with E-state index in [9.17, 15) is 14.3 Å². The number of aryl methyl sites for hydroxylation is 1. The van der Waals surface area contributed by atoms with Crippen molar-refractivity contribution in [1.82, 2.24) is 0 Å². The molecule has 0 aromatic heterocycles. The average Bonchev–Trinajstić information content (AvgIpc) is 2.79. The Morgan fingerprint density at radius 1 is 1.00 bits per heavy atom. The van der Waals surface area contributed by atoms with Gasteiger partial charge < -0.3 is 19.7 Å². The smallest absolute Gasteiger partial charge is 0.328 e. The van der Waals surface area contributed by atoms with Crippen molar-refractivity contribution in [3.8, 4) is 28.4 Å². The fourth-order valence-corrected chi connectivity index (χ4v) is 3.22. The fraction of sp³-hybridized carbons (Fsp3) is 0.192. The van der Waals surface area contributed by atoms with Gasteiger partial charge in [-0.3, -0.25) is 0 Å². The molecule has 0 saturated heterocycles. The first-order valence-corrected chi connectivity index (χ1v) is 10.4. The molecule has 0 unspecified atom stereocenters. The number of phenols is 1. The van der Waals surface area contributed by atoms with Crippen molar-refractivity contribution in [1.29, 1.82) is 0 Å². The minimum absolute atomic E-state index is 0.0687. The molecule has 0 bridgehead atoms. The molecule has 0 heterocycles. The lowest BCUT2D eigenvalue weighted by Gasteiger charge is -2.15. The highest BCUT2D eigenvalue weighted by molar-refractivity contribution is 5.85. The van der Waals surface area contributed by atoms with Crippen molar-refractivity contribution < 1.29 is 28.9 Å². The molecule has 2 N–H and O–H groups in total. The molecule has 0 fully saturated rings. The van der Waals surface area contributed by atoms with Gasteiger partial charge in [-0.15, -0.1) is 0 Å². The van der Waals surface area contributed by atoms with Crippen LogP contribution >= 0.6 is 0 Å². The van der Waals surface area contributed by atoms with Gasteiger partial charge in [-0.1, -0.05) is 37.3 Å². The highest BCUT2D eigenvalue weighted by atomic mass is 19.1. The Labute approximate surface area is 186 Å². The van der Waals surface area contributed by atoms with E-state index in [1.54, 1.807) is 30.3 Å². The Kier molecular flexibility index (Phi) is 7.86. The Morgan fingerprint density at radius 3 is 2.38 bits per heavy atom. The number of carboxylic acid groups (broad SMARTS) is 1. The first kappa shape index (κ1) is 22.9. The number of phenolic OH excluding ortho intramolecular Hbond substituents is 1. The number of carbonyl (C=O) groups is 1. The minimum atomic E-state index is -1.02. The Balaban J connectivity index is 1.59. The molecule has 166 valence electrons. The SMILES string of the molecule is CCc1cc(-c2ccc(F)cc2)c(O)cc1OCCCOc1ccccc1C=CC(=O)O. The number of aromatic hydroxyl groups is 1. The normalized spacial score (nSPS) is 10.9.